The van der Waals surface area contributed by atoms with E-state index in [1.807, 2.05) is 6.07 Å². The SMILES string of the molecule is COc1ccc(N2CC(c3nc(C)no3)CC2=O)cc1Cl. The molecular weight excluding hydrogens is 294 g/mol. The number of amides is 1. The number of rotatable bonds is 3. The molecule has 1 fully saturated rings. The van der Waals surface area contributed by atoms with E-state index in [9.17, 15) is 4.79 Å². The molecule has 110 valence electrons. The zero-order valence-electron chi connectivity index (χ0n) is 11.7. The number of hydrogen-bond acceptors (Lipinski definition) is 5. The standard InChI is InChI=1S/C14H14ClN3O3/c1-8-16-14(21-17-8)9-5-13(19)18(7-9)10-3-4-12(20-2)11(15)6-10/h3-4,6,9H,5,7H2,1-2H3. The molecule has 0 N–H and O–H groups in total. The Balaban J connectivity index is 1.83. The van der Waals surface area contributed by atoms with Crippen LogP contribution in [0.25, 0.3) is 0 Å². The average Bonchev–Trinajstić information content (AvgIpc) is 3.05. The smallest absolute Gasteiger partial charge is 0.232 e. The Morgan fingerprint density at radius 2 is 2.29 bits per heavy atom. The van der Waals surface area contributed by atoms with Gasteiger partial charge in [-0.15, -0.1) is 0 Å². The minimum Gasteiger partial charge on any atom is -0.495 e. The summed E-state index contributed by atoms with van der Waals surface area (Å²) in [4.78, 5) is 18.1. The van der Waals surface area contributed by atoms with Crippen molar-refractivity contribution in [2.24, 2.45) is 0 Å². The van der Waals surface area contributed by atoms with Crippen molar-refractivity contribution in [3.63, 3.8) is 0 Å². The number of halogens is 1. The van der Waals surface area contributed by atoms with Gasteiger partial charge < -0.3 is 14.2 Å². The topological polar surface area (TPSA) is 68.5 Å². The van der Waals surface area contributed by atoms with Gasteiger partial charge in [-0.2, -0.15) is 4.98 Å². The molecule has 1 aliphatic heterocycles. The maximum absolute atomic E-state index is 12.2. The summed E-state index contributed by atoms with van der Waals surface area (Å²) in [6.07, 6.45) is 0.352. The second-order valence-corrected chi connectivity index (χ2v) is 5.31. The molecule has 0 aliphatic carbocycles. The lowest BCUT2D eigenvalue weighted by atomic mass is 10.1. The van der Waals surface area contributed by atoms with Crippen LogP contribution < -0.4 is 9.64 Å². The van der Waals surface area contributed by atoms with Crippen LogP contribution in [-0.2, 0) is 4.79 Å². The molecule has 0 saturated carbocycles. The molecule has 3 rings (SSSR count). The highest BCUT2D eigenvalue weighted by molar-refractivity contribution is 6.32. The van der Waals surface area contributed by atoms with Gasteiger partial charge in [0.1, 0.15) is 5.75 Å². The van der Waals surface area contributed by atoms with Crippen LogP contribution in [0, 0.1) is 6.92 Å². The van der Waals surface area contributed by atoms with Gasteiger partial charge in [-0.3, -0.25) is 4.79 Å². The fraction of sp³-hybridized carbons (Fsp3) is 0.357. The van der Waals surface area contributed by atoms with Crippen molar-refractivity contribution >= 4 is 23.2 Å². The van der Waals surface area contributed by atoms with Gasteiger partial charge >= 0.3 is 0 Å². The Labute approximate surface area is 126 Å². The van der Waals surface area contributed by atoms with Gasteiger partial charge in [0, 0.05) is 18.7 Å². The Morgan fingerprint density at radius 1 is 1.48 bits per heavy atom. The van der Waals surface area contributed by atoms with E-state index in [-0.39, 0.29) is 11.8 Å². The molecule has 1 aromatic carbocycles. The fourth-order valence-corrected chi connectivity index (χ4v) is 2.68. The van der Waals surface area contributed by atoms with E-state index in [0.717, 1.165) is 5.69 Å². The van der Waals surface area contributed by atoms with E-state index >= 15 is 0 Å². The Hall–Kier alpha value is -2.08. The van der Waals surface area contributed by atoms with Gasteiger partial charge in [-0.05, 0) is 25.1 Å². The van der Waals surface area contributed by atoms with Crippen molar-refractivity contribution in [2.75, 3.05) is 18.6 Å². The lowest BCUT2D eigenvalue weighted by molar-refractivity contribution is -0.117. The van der Waals surface area contributed by atoms with E-state index < -0.39 is 0 Å². The van der Waals surface area contributed by atoms with Crippen molar-refractivity contribution in [3.05, 3.63) is 34.9 Å². The van der Waals surface area contributed by atoms with Crippen LogP contribution in [0.4, 0.5) is 5.69 Å². The van der Waals surface area contributed by atoms with E-state index in [1.165, 1.54) is 0 Å². The molecule has 2 aromatic rings. The summed E-state index contributed by atoms with van der Waals surface area (Å²) in [6, 6.07) is 5.28. The third-order valence-corrected chi connectivity index (χ3v) is 3.76. The van der Waals surface area contributed by atoms with Crippen LogP contribution in [-0.4, -0.2) is 29.7 Å². The summed E-state index contributed by atoms with van der Waals surface area (Å²) in [6.45, 7) is 2.26. The molecule has 21 heavy (non-hydrogen) atoms. The maximum Gasteiger partial charge on any atom is 0.232 e. The summed E-state index contributed by atoms with van der Waals surface area (Å²) in [5, 5.41) is 4.24. The Kier molecular flexibility index (Phi) is 3.55. The van der Waals surface area contributed by atoms with Gasteiger partial charge in [0.25, 0.3) is 0 Å². The van der Waals surface area contributed by atoms with Crippen molar-refractivity contribution in [3.8, 4) is 5.75 Å². The van der Waals surface area contributed by atoms with Crippen LogP contribution in [0.5, 0.6) is 5.75 Å². The summed E-state index contributed by atoms with van der Waals surface area (Å²) < 4.78 is 10.3. The number of aryl methyl sites for hydroxylation is 1. The van der Waals surface area contributed by atoms with Gasteiger partial charge in [0.15, 0.2) is 5.82 Å². The lowest BCUT2D eigenvalue weighted by Crippen LogP contribution is -2.24. The van der Waals surface area contributed by atoms with E-state index in [2.05, 4.69) is 10.1 Å². The maximum atomic E-state index is 12.2. The van der Waals surface area contributed by atoms with Crippen molar-refractivity contribution < 1.29 is 14.1 Å². The second-order valence-electron chi connectivity index (χ2n) is 4.90. The number of ether oxygens (including phenoxy) is 1. The lowest BCUT2D eigenvalue weighted by Gasteiger charge is -2.17. The highest BCUT2D eigenvalue weighted by Crippen LogP contribution is 2.34. The van der Waals surface area contributed by atoms with Gasteiger partial charge in [-0.1, -0.05) is 16.8 Å². The number of carbonyl (C=O) groups is 1. The number of benzene rings is 1. The first-order valence-electron chi connectivity index (χ1n) is 6.52. The van der Waals surface area contributed by atoms with E-state index in [0.29, 0.717) is 35.5 Å². The van der Waals surface area contributed by atoms with Crippen molar-refractivity contribution in [1.82, 2.24) is 10.1 Å². The van der Waals surface area contributed by atoms with Crippen LogP contribution in [0.15, 0.2) is 22.7 Å². The molecule has 1 amide bonds. The third kappa shape index (κ3) is 2.58. The number of aromatic nitrogens is 2. The monoisotopic (exact) mass is 307 g/mol. The Bertz CT molecular complexity index is 686. The van der Waals surface area contributed by atoms with Gasteiger partial charge in [0.05, 0.1) is 18.1 Å². The summed E-state index contributed by atoms with van der Waals surface area (Å²) in [7, 11) is 1.55. The molecule has 6 nitrogen and oxygen atoms in total. The van der Waals surface area contributed by atoms with Crippen molar-refractivity contribution in [2.45, 2.75) is 19.3 Å². The molecule has 2 heterocycles. The molecule has 0 spiro atoms. The molecule has 1 saturated heterocycles. The highest BCUT2D eigenvalue weighted by atomic mass is 35.5. The first-order valence-corrected chi connectivity index (χ1v) is 6.90. The molecule has 0 bridgehead atoms. The largest absolute Gasteiger partial charge is 0.495 e. The fourth-order valence-electron chi connectivity index (χ4n) is 2.42. The number of nitrogens with zero attached hydrogens (tertiary/aromatic N) is 3. The van der Waals surface area contributed by atoms with Crippen LogP contribution in [0.2, 0.25) is 5.02 Å². The first-order chi connectivity index (χ1) is 10.1. The highest BCUT2D eigenvalue weighted by Gasteiger charge is 2.35. The summed E-state index contributed by atoms with van der Waals surface area (Å²) >= 11 is 6.11. The zero-order chi connectivity index (χ0) is 15.0. The average molecular weight is 308 g/mol. The van der Waals surface area contributed by atoms with E-state index in [1.54, 1.807) is 31.1 Å². The van der Waals surface area contributed by atoms with E-state index in [4.69, 9.17) is 20.9 Å². The molecule has 1 unspecified atom stereocenters. The Morgan fingerprint density at radius 3 is 2.90 bits per heavy atom. The van der Waals surface area contributed by atoms with Crippen LogP contribution in [0.1, 0.15) is 24.1 Å². The zero-order valence-corrected chi connectivity index (χ0v) is 12.4. The molecule has 1 atom stereocenters. The minimum atomic E-state index is -0.0837. The summed E-state index contributed by atoms with van der Waals surface area (Å²) in [5.74, 6) is 1.58. The number of methoxy groups -OCH3 is 1. The predicted molar refractivity (Wildman–Crippen MR) is 76.8 cm³/mol. The molecule has 1 aromatic heterocycles. The van der Waals surface area contributed by atoms with Gasteiger partial charge in [-0.25, -0.2) is 0 Å². The van der Waals surface area contributed by atoms with Gasteiger partial charge in [0.2, 0.25) is 11.8 Å². The predicted octanol–water partition coefficient (Wildman–Crippen LogP) is 2.56. The van der Waals surface area contributed by atoms with Crippen molar-refractivity contribution in [1.29, 1.82) is 0 Å². The number of hydrogen-bond donors (Lipinski definition) is 0. The third-order valence-electron chi connectivity index (χ3n) is 3.46. The molecule has 7 heteroatoms. The van der Waals surface area contributed by atoms with Crippen LogP contribution >= 0.6 is 11.6 Å². The second kappa shape index (κ2) is 5.37. The van der Waals surface area contributed by atoms with Crippen LogP contribution in [0.3, 0.4) is 0 Å². The summed E-state index contributed by atoms with van der Waals surface area (Å²) in [5.41, 5.74) is 0.740. The number of carbonyl (C=O) groups excluding carboxylic acids is 1. The molecule has 1 aliphatic rings. The quantitative estimate of drug-likeness (QED) is 0.871. The normalized spacial score (nSPS) is 18.3. The molecular formula is C14H14ClN3O3. The minimum absolute atomic E-state index is 0.0112. The number of anilines is 1. The molecule has 0 radical (unpaired) electrons. The first kappa shape index (κ1) is 13.9.